The molecule has 5 heteroatoms. The van der Waals surface area contributed by atoms with Crippen molar-refractivity contribution in [2.24, 2.45) is 5.92 Å². The van der Waals surface area contributed by atoms with Gasteiger partial charge in [-0.15, -0.1) is 11.3 Å². The van der Waals surface area contributed by atoms with E-state index in [1.807, 2.05) is 0 Å². The normalized spacial score (nSPS) is 17.1. The summed E-state index contributed by atoms with van der Waals surface area (Å²) in [6, 6.07) is 1.76. The average Bonchev–Trinajstić information content (AvgIpc) is 2.85. The first kappa shape index (κ1) is 15.0. The van der Waals surface area contributed by atoms with Crippen LogP contribution in [0.25, 0.3) is 0 Å². The molecule has 0 radical (unpaired) electrons. The highest BCUT2D eigenvalue weighted by molar-refractivity contribution is 7.12. The molecule has 0 bridgehead atoms. The summed E-state index contributed by atoms with van der Waals surface area (Å²) in [5.41, 5.74) is 0.578. The SMILES string of the molecule is COC(=O)c1sccc1NC(=O)C1CCCCCCC1. The lowest BCUT2D eigenvalue weighted by Gasteiger charge is -2.19. The van der Waals surface area contributed by atoms with E-state index in [1.54, 1.807) is 11.4 Å². The fourth-order valence-electron chi connectivity index (χ4n) is 2.61. The number of methoxy groups -OCH3 is 1. The van der Waals surface area contributed by atoms with E-state index in [0.29, 0.717) is 10.6 Å². The number of esters is 1. The molecule has 1 heterocycles. The average molecular weight is 295 g/mol. The maximum Gasteiger partial charge on any atom is 0.350 e. The Hall–Kier alpha value is -1.36. The summed E-state index contributed by atoms with van der Waals surface area (Å²) in [5.74, 6) is -0.288. The van der Waals surface area contributed by atoms with Gasteiger partial charge in [-0.2, -0.15) is 0 Å². The molecule has 1 aliphatic carbocycles. The molecule has 0 unspecified atom stereocenters. The minimum Gasteiger partial charge on any atom is -0.465 e. The Bertz CT molecular complexity index is 461. The molecule has 1 N–H and O–H groups in total. The molecular weight excluding hydrogens is 274 g/mol. The van der Waals surface area contributed by atoms with Crippen molar-refractivity contribution in [1.82, 2.24) is 0 Å². The van der Waals surface area contributed by atoms with Crippen molar-refractivity contribution in [1.29, 1.82) is 0 Å². The van der Waals surface area contributed by atoms with Crippen LogP contribution in [-0.4, -0.2) is 19.0 Å². The molecule has 0 aromatic carbocycles. The van der Waals surface area contributed by atoms with Crippen molar-refractivity contribution in [2.75, 3.05) is 12.4 Å². The zero-order chi connectivity index (χ0) is 14.4. The first-order valence-corrected chi connectivity index (χ1v) is 8.07. The van der Waals surface area contributed by atoms with Gasteiger partial charge in [0.15, 0.2) is 0 Å². The molecule has 1 aliphatic rings. The van der Waals surface area contributed by atoms with Gasteiger partial charge in [0.05, 0.1) is 12.8 Å². The maximum atomic E-state index is 12.3. The number of thiophene rings is 1. The van der Waals surface area contributed by atoms with Crippen molar-refractivity contribution >= 4 is 28.9 Å². The highest BCUT2D eigenvalue weighted by atomic mass is 32.1. The molecule has 110 valence electrons. The zero-order valence-corrected chi connectivity index (χ0v) is 12.6. The highest BCUT2D eigenvalue weighted by Gasteiger charge is 2.22. The molecule has 0 spiro atoms. The molecule has 1 saturated carbocycles. The third kappa shape index (κ3) is 3.82. The summed E-state index contributed by atoms with van der Waals surface area (Å²) in [6.07, 6.45) is 7.85. The number of carbonyl (C=O) groups is 2. The highest BCUT2D eigenvalue weighted by Crippen LogP contribution is 2.27. The van der Waals surface area contributed by atoms with Crippen LogP contribution in [-0.2, 0) is 9.53 Å². The summed E-state index contributed by atoms with van der Waals surface area (Å²) in [7, 11) is 1.35. The summed E-state index contributed by atoms with van der Waals surface area (Å²) in [5, 5.41) is 4.69. The second-order valence-corrected chi connectivity index (χ2v) is 6.10. The van der Waals surface area contributed by atoms with E-state index in [1.165, 1.54) is 37.7 Å². The molecule has 1 amide bonds. The van der Waals surface area contributed by atoms with Crippen LogP contribution in [0.15, 0.2) is 11.4 Å². The lowest BCUT2D eigenvalue weighted by Crippen LogP contribution is -2.24. The van der Waals surface area contributed by atoms with Gasteiger partial charge in [0, 0.05) is 5.92 Å². The van der Waals surface area contributed by atoms with Crippen LogP contribution in [0.3, 0.4) is 0 Å². The number of hydrogen-bond acceptors (Lipinski definition) is 4. The molecule has 20 heavy (non-hydrogen) atoms. The van der Waals surface area contributed by atoms with Crippen LogP contribution < -0.4 is 5.32 Å². The van der Waals surface area contributed by atoms with Gasteiger partial charge in [-0.05, 0) is 24.3 Å². The molecule has 4 nitrogen and oxygen atoms in total. The van der Waals surface area contributed by atoms with Gasteiger partial charge in [-0.25, -0.2) is 4.79 Å². The van der Waals surface area contributed by atoms with Crippen molar-refractivity contribution in [2.45, 2.75) is 44.9 Å². The monoisotopic (exact) mass is 295 g/mol. The van der Waals surface area contributed by atoms with Gasteiger partial charge in [0.2, 0.25) is 5.91 Å². The third-order valence-electron chi connectivity index (χ3n) is 3.77. The van der Waals surface area contributed by atoms with Crippen LogP contribution in [0.2, 0.25) is 0 Å². The van der Waals surface area contributed by atoms with Crippen LogP contribution in [0, 0.1) is 5.92 Å². The smallest absolute Gasteiger partial charge is 0.350 e. The van der Waals surface area contributed by atoms with E-state index in [2.05, 4.69) is 5.32 Å². The predicted molar refractivity (Wildman–Crippen MR) is 80.1 cm³/mol. The van der Waals surface area contributed by atoms with E-state index >= 15 is 0 Å². The summed E-state index contributed by atoms with van der Waals surface area (Å²) in [4.78, 5) is 24.4. The number of rotatable bonds is 3. The van der Waals surface area contributed by atoms with Crippen LogP contribution >= 0.6 is 11.3 Å². The van der Waals surface area contributed by atoms with E-state index in [9.17, 15) is 9.59 Å². The van der Waals surface area contributed by atoms with Crippen molar-refractivity contribution in [3.63, 3.8) is 0 Å². The molecule has 0 atom stereocenters. The quantitative estimate of drug-likeness (QED) is 0.862. The van der Waals surface area contributed by atoms with E-state index in [4.69, 9.17) is 4.74 Å². The van der Waals surface area contributed by atoms with Crippen LogP contribution in [0.5, 0.6) is 0 Å². The lowest BCUT2D eigenvalue weighted by atomic mass is 9.90. The minimum atomic E-state index is -0.395. The fraction of sp³-hybridized carbons (Fsp3) is 0.600. The Morgan fingerprint density at radius 1 is 1.20 bits per heavy atom. The van der Waals surface area contributed by atoms with Gasteiger partial charge in [-0.1, -0.05) is 32.1 Å². The van der Waals surface area contributed by atoms with Crippen molar-refractivity contribution in [3.05, 3.63) is 16.3 Å². The van der Waals surface area contributed by atoms with E-state index in [-0.39, 0.29) is 11.8 Å². The Labute approximate surface area is 123 Å². The summed E-state index contributed by atoms with van der Waals surface area (Å²) < 4.78 is 4.72. The Morgan fingerprint density at radius 2 is 1.85 bits per heavy atom. The number of hydrogen-bond donors (Lipinski definition) is 1. The zero-order valence-electron chi connectivity index (χ0n) is 11.8. The largest absolute Gasteiger partial charge is 0.465 e. The molecule has 2 rings (SSSR count). The standard InChI is InChI=1S/C15H21NO3S/c1-19-15(18)13-12(9-10-20-13)16-14(17)11-7-5-3-2-4-6-8-11/h9-11H,2-8H2,1H3,(H,16,17). The molecule has 1 aromatic rings. The van der Waals surface area contributed by atoms with Gasteiger partial charge >= 0.3 is 5.97 Å². The number of carbonyl (C=O) groups excluding carboxylic acids is 2. The van der Waals surface area contributed by atoms with Crippen molar-refractivity contribution in [3.8, 4) is 0 Å². The fourth-order valence-corrected chi connectivity index (χ4v) is 3.38. The van der Waals surface area contributed by atoms with Gasteiger partial charge in [-0.3, -0.25) is 4.79 Å². The lowest BCUT2D eigenvalue weighted by molar-refractivity contribution is -0.120. The maximum absolute atomic E-state index is 12.3. The first-order valence-electron chi connectivity index (χ1n) is 7.19. The molecular formula is C15H21NO3S. The first-order chi connectivity index (χ1) is 9.72. The Morgan fingerprint density at radius 3 is 2.50 bits per heavy atom. The molecule has 1 fully saturated rings. The number of ether oxygens (including phenoxy) is 1. The van der Waals surface area contributed by atoms with Gasteiger partial charge in [0.25, 0.3) is 0 Å². The topological polar surface area (TPSA) is 55.4 Å². The van der Waals surface area contributed by atoms with Gasteiger partial charge in [0.1, 0.15) is 4.88 Å². The Balaban J connectivity index is 1.99. The summed E-state index contributed by atoms with van der Waals surface area (Å²) >= 11 is 1.29. The molecule has 0 aliphatic heterocycles. The van der Waals surface area contributed by atoms with Gasteiger partial charge < -0.3 is 10.1 Å². The number of nitrogens with one attached hydrogen (secondary N) is 1. The second-order valence-electron chi connectivity index (χ2n) is 5.19. The third-order valence-corrected chi connectivity index (χ3v) is 4.66. The van der Waals surface area contributed by atoms with E-state index in [0.717, 1.165) is 25.7 Å². The van der Waals surface area contributed by atoms with Crippen molar-refractivity contribution < 1.29 is 14.3 Å². The Kier molecular flexibility index (Phi) is 5.59. The van der Waals surface area contributed by atoms with Crippen LogP contribution in [0.1, 0.15) is 54.6 Å². The summed E-state index contributed by atoms with van der Waals surface area (Å²) in [6.45, 7) is 0. The number of anilines is 1. The second kappa shape index (κ2) is 7.43. The minimum absolute atomic E-state index is 0.0375. The van der Waals surface area contributed by atoms with E-state index < -0.39 is 5.97 Å². The molecule has 0 saturated heterocycles. The van der Waals surface area contributed by atoms with Crippen LogP contribution in [0.4, 0.5) is 5.69 Å². The number of amides is 1. The molecule has 1 aromatic heterocycles. The predicted octanol–water partition coefficient (Wildman–Crippen LogP) is 3.83.